The van der Waals surface area contributed by atoms with Crippen molar-refractivity contribution >= 4 is 11.6 Å². The molecule has 0 atom stereocenters. The number of carbonyl (C=O) groups excluding carboxylic acids is 1. The van der Waals surface area contributed by atoms with Crippen LogP contribution in [0.1, 0.15) is 23.7 Å². The predicted octanol–water partition coefficient (Wildman–Crippen LogP) is 3.50. The van der Waals surface area contributed by atoms with Crippen LogP contribution in [0.5, 0.6) is 5.75 Å². The molecule has 28 heavy (non-hydrogen) atoms. The Morgan fingerprint density at radius 1 is 1.18 bits per heavy atom. The molecule has 0 spiro atoms. The second-order valence-corrected chi connectivity index (χ2v) is 6.55. The number of aryl methyl sites for hydroxylation is 2. The quantitative estimate of drug-likeness (QED) is 0.689. The molecule has 1 aromatic heterocycles. The number of nitrogens with one attached hydrogen (secondary N) is 2. The van der Waals surface area contributed by atoms with Gasteiger partial charge in [0.15, 0.2) is 0 Å². The standard InChI is InChI=1S/C22H23N3O3/c1-4-17-13-21(27)25-22(24-17)16-6-5-7-18(12-16)23-20(26)11-15-9-8-14(2)19(10-15)28-3/h5-10,12-13H,4,11H2,1-3H3,(H,23,26)(H,24,25,27). The highest BCUT2D eigenvalue weighted by Crippen LogP contribution is 2.21. The highest BCUT2D eigenvalue weighted by atomic mass is 16.5. The van der Waals surface area contributed by atoms with E-state index in [0.29, 0.717) is 17.9 Å². The van der Waals surface area contributed by atoms with Crippen LogP contribution in [0.2, 0.25) is 0 Å². The number of aromatic amines is 1. The maximum atomic E-state index is 12.4. The van der Waals surface area contributed by atoms with Gasteiger partial charge in [0, 0.05) is 23.0 Å². The molecule has 0 unspecified atom stereocenters. The summed E-state index contributed by atoms with van der Waals surface area (Å²) in [4.78, 5) is 31.5. The highest BCUT2D eigenvalue weighted by Gasteiger charge is 2.09. The molecule has 3 aromatic rings. The topological polar surface area (TPSA) is 84.1 Å². The Hall–Kier alpha value is -3.41. The number of nitrogens with zero attached hydrogens (tertiary/aromatic N) is 1. The second kappa shape index (κ2) is 8.52. The SMILES string of the molecule is CCc1cc(=O)[nH]c(-c2cccc(NC(=O)Cc3ccc(C)c(OC)c3)c2)n1. The fourth-order valence-corrected chi connectivity index (χ4v) is 2.93. The number of hydrogen-bond acceptors (Lipinski definition) is 4. The molecule has 0 saturated heterocycles. The third-order valence-corrected chi connectivity index (χ3v) is 4.41. The summed E-state index contributed by atoms with van der Waals surface area (Å²) in [6.45, 7) is 3.91. The predicted molar refractivity (Wildman–Crippen MR) is 110 cm³/mol. The second-order valence-electron chi connectivity index (χ2n) is 6.55. The first-order valence-electron chi connectivity index (χ1n) is 9.12. The summed E-state index contributed by atoms with van der Waals surface area (Å²) in [6.07, 6.45) is 0.911. The zero-order valence-electron chi connectivity index (χ0n) is 16.2. The summed E-state index contributed by atoms with van der Waals surface area (Å²) in [5, 5.41) is 2.90. The zero-order chi connectivity index (χ0) is 20.1. The summed E-state index contributed by atoms with van der Waals surface area (Å²) in [5.41, 5.74) is 3.81. The third kappa shape index (κ3) is 4.65. The number of carbonyl (C=O) groups is 1. The van der Waals surface area contributed by atoms with E-state index in [1.807, 2.05) is 44.2 Å². The van der Waals surface area contributed by atoms with Crippen molar-refractivity contribution in [3.8, 4) is 17.1 Å². The molecule has 0 radical (unpaired) electrons. The first-order valence-corrected chi connectivity index (χ1v) is 9.12. The van der Waals surface area contributed by atoms with Crippen LogP contribution in [0.4, 0.5) is 5.69 Å². The Bertz CT molecular complexity index is 1060. The molecule has 3 rings (SSSR count). The van der Waals surface area contributed by atoms with Gasteiger partial charge in [0.05, 0.1) is 13.5 Å². The maximum Gasteiger partial charge on any atom is 0.251 e. The van der Waals surface area contributed by atoms with Gasteiger partial charge >= 0.3 is 0 Å². The minimum atomic E-state index is -0.190. The number of anilines is 1. The Balaban J connectivity index is 1.77. The summed E-state index contributed by atoms with van der Waals surface area (Å²) in [5.74, 6) is 1.12. The van der Waals surface area contributed by atoms with Gasteiger partial charge in [-0.1, -0.05) is 31.2 Å². The van der Waals surface area contributed by atoms with Gasteiger partial charge in [-0.2, -0.15) is 0 Å². The van der Waals surface area contributed by atoms with E-state index in [9.17, 15) is 9.59 Å². The van der Waals surface area contributed by atoms with Crippen LogP contribution in [-0.4, -0.2) is 23.0 Å². The Kier molecular flexibility index (Phi) is 5.89. The summed E-state index contributed by atoms with van der Waals surface area (Å²) in [6, 6.07) is 14.5. The molecule has 2 N–H and O–H groups in total. The highest BCUT2D eigenvalue weighted by molar-refractivity contribution is 5.92. The molecular formula is C22H23N3O3. The molecule has 0 aliphatic heterocycles. The zero-order valence-corrected chi connectivity index (χ0v) is 16.2. The van der Waals surface area contributed by atoms with E-state index in [4.69, 9.17) is 4.74 Å². The van der Waals surface area contributed by atoms with Crippen molar-refractivity contribution in [3.05, 3.63) is 75.7 Å². The van der Waals surface area contributed by atoms with Gasteiger partial charge in [0.1, 0.15) is 11.6 Å². The number of benzene rings is 2. The van der Waals surface area contributed by atoms with E-state index in [2.05, 4.69) is 15.3 Å². The molecular weight excluding hydrogens is 354 g/mol. The number of ether oxygens (including phenoxy) is 1. The molecule has 1 amide bonds. The summed E-state index contributed by atoms with van der Waals surface area (Å²) >= 11 is 0. The van der Waals surface area contributed by atoms with Gasteiger partial charge in [-0.25, -0.2) is 4.98 Å². The molecule has 2 aromatic carbocycles. The van der Waals surface area contributed by atoms with Crippen LogP contribution in [0, 0.1) is 6.92 Å². The van der Waals surface area contributed by atoms with Crippen molar-refractivity contribution in [3.63, 3.8) is 0 Å². The monoisotopic (exact) mass is 377 g/mol. The Morgan fingerprint density at radius 3 is 2.75 bits per heavy atom. The smallest absolute Gasteiger partial charge is 0.251 e. The lowest BCUT2D eigenvalue weighted by molar-refractivity contribution is -0.115. The van der Waals surface area contributed by atoms with E-state index in [-0.39, 0.29) is 17.9 Å². The summed E-state index contributed by atoms with van der Waals surface area (Å²) < 4.78 is 5.31. The lowest BCUT2D eigenvalue weighted by Gasteiger charge is -2.10. The normalized spacial score (nSPS) is 10.5. The largest absolute Gasteiger partial charge is 0.496 e. The maximum absolute atomic E-state index is 12.4. The van der Waals surface area contributed by atoms with Gasteiger partial charge < -0.3 is 15.0 Å². The first kappa shape index (κ1) is 19.4. The lowest BCUT2D eigenvalue weighted by atomic mass is 10.1. The van der Waals surface area contributed by atoms with E-state index in [1.165, 1.54) is 6.07 Å². The number of aromatic nitrogens is 2. The molecule has 144 valence electrons. The van der Waals surface area contributed by atoms with Gasteiger partial charge in [0.2, 0.25) is 5.91 Å². The first-order chi connectivity index (χ1) is 13.5. The minimum Gasteiger partial charge on any atom is -0.496 e. The van der Waals surface area contributed by atoms with Crippen molar-refractivity contribution in [1.82, 2.24) is 9.97 Å². The van der Waals surface area contributed by atoms with Gasteiger partial charge in [0.25, 0.3) is 5.56 Å². The fraction of sp³-hybridized carbons (Fsp3) is 0.227. The van der Waals surface area contributed by atoms with E-state index in [0.717, 1.165) is 28.1 Å². The van der Waals surface area contributed by atoms with Crippen LogP contribution < -0.4 is 15.6 Å². The number of rotatable bonds is 6. The average Bonchev–Trinajstić information content (AvgIpc) is 2.69. The van der Waals surface area contributed by atoms with Crippen molar-refractivity contribution in [2.24, 2.45) is 0 Å². The van der Waals surface area contributed by atoms with Crippen LogP contribution in [0.3, 0.4) is 0 Å². The molecule has 0 saturated carbocycles. The van der Waals surface area contributed by atoms with Crippen molar-refractivity contribution < 1.29 is 9.53 Å². The van der Waals surface area contributed by atoms with E-state index >= 15 is 0 Å². The number of amides is 1. The minimum absolute atomic E-state index is 0.133. The number of H-pyrrole nitrogens is 1. The average molecular weight is 377 g/mol. The lowest BCUT2D eigenvalue weighted by Crippen LogP contribution is -2.14. The van der Waals surface area contributed by atoms with Crippen LogP contribution >= 0.6 is 0 Å². The van der Waals surface area contributed by atoms with Crippen molar-refractivity contribution in [2.45, 2.75) is 26.7 Å². The van der Waals surface area contributed by atoms with Crippen LogP contribution in [-0.2, 0) is 17.6 Å². The van der Waals surface area contributed by atoms with Crippen molar-refractivity contribution in [2.75, 3.05) is 12.4 Å². The van der Waals surface area contributed by atoms with Crippen LogP contribution in [0.25, 0.3) is 11.4 Å². The van der Waals surface area contributed by atoms with E-state index in [1.54, 1.807) is 19.2 Å². The Morgan fingerprint density at radius 2 is 2.00 bits per heavy atom. The van der Waals surface area contributed by atoms with Crippen molar-refractivity contribution in [1.29, 1.82) is 0 Å². The molecule has 6 nitrogen and oxygen atoms in total. The molecule has 0 bridgehead atoms. The molecule has 6 heteroatoms. The Labute approximate surface area is 163 Å². The third-order valence-electron chi connectivity index (χ3n) is 4.41. The van der Waals surface area contributed by atoms with E-state index < -0.39 is 0 Å². The van der Waals surface area contributed by atoms with Gasteiger partial charge in [-0.05, 0) is 42.7 Å². The molecule has 1 heterocycles. The van der Waals surface area contributed by atoms with Crippen LogP contribution in [0.15, 0.2) is 53.3 Å². The molecule has 0 aliphatic carbocycles. The van der Waals surface area contributed by atoms with Gasteiger partial charge in [-0.15, -0.1) is 0 Å². The molecule has 0 fully saturated rings. The number of hydrogen-bond donors (Lipinski definition) is 2. The fourth-order valence-electron chi connectivity index (χ4n) is 2.93. The van der Waals surface area contributed by atoms with Gasteiger partial charge in [-0.3, -0.25) is 9.59 Å². The summed E-state index contributed by atoms with van der Waals surface area (Å²) in [7, 11) is 1.61. The number of methoxy groups -OCH3 is 1. The molecule has 0 aliphatic rings.